The molecular formula is CH3F2NO4S2. The van der Waals surface area contributed by atoms with E-state index in [0.717, 1.165) is 4.72 Å². The molecule has 0 aromatic carbocycles. The average Bonchev–Trinajstić information content (AvgIpc) is 1.57. The van der Waals surface area contributed by atoms with E-state index in [1.165, 1.54) is 0 Å². The van der Waals surface area contributed by atoms with E-state index in [1.54, 1.807) is 0 Å². The third-order valence-electron chi connectivity index (χ3n) is 0.404. The molecule has 0 atom stereocenters. The van der Waals surface area contributed by atoms with Crippen LogP contribution in [0, 0.1) is 0 Å². The van der Waals surface area contributed by atoms with E-state index in [1.807, 2.05) is 0 Å². The number of rotatable bonds is 3. The van der Waals surface area contributed by atoms with Crippen LogP contribution in [0.2, 0.25) is 0 Å². The predicted octanol–water partition coefficient (Wildman–Crippen LogP) is -0.953. The number of hydrogen-bond acceptors (Lipinski definition) is 4. The topological polar surface area (TPSA) is 80.3 Å². The van der Waals surface area contributed by atoms with Crippen LogP contribution in [0.4, 0.5) is 7.77 Å². The van der Waals surface area contributed by atoms with Crippen LogP contribution >= 0.6 is 0 Å². The monoisotopic (exact) mass is 195 g/mol. The molecule has 0 fully saturated rings. The van der Waals surface area contributed by atoms with Gasteiger partial charge < -0.3 is 0 Å². The van der Waals surface area contributed by atoms with Gasteiger partial charge in [-0.05, 0) is 0 Å². The molecule has 9 heteroatoms. The third kappa shape index (κ3) is 7.72. The van der Waals surface area contributed by atoms with Crippen molar-refractivity contribution in [2.45, 2.75) is 0 Å². The molecule has 0 radical (unpaired) electrons. The fourth-order valence-electron chi connectivity index (χ4n) is 0.141. The van der Waals surface area contributed by atoms with Crippen molar-refractivity contribution >= 4 is 20.6 Å². The zero-order valence-electron chi connectivity index (χ0n) is 4.41. The largest absolute Gasteiger partial charge is 0.373 e. The highest BCUT2D eigenvalue weighted by Crippen LogP contribution is 1.89. The van der Waals surface area contributed by atoms with Crippen molar-refractivity contribution in [3.8, 4) is 0 Å². The Morgan fingerprint density at radius 3 is 1.60 bits per heavy atom. The quantitative estimate of drug-likeness (QED) is 0.588. The van der Waals surface area contributed by atoms with Crippen LogP contribution in [0.25, 0.3) is 0 Å². The first-order valence-electron chi connectivity index (χ1n) is 1.82. The first-order chi connectivity index (χ1) is 4.21. The lowest BCUT2D eigenvalue weighted by Gasteiger charge is -1.91. The summed E-state index contributed by atoms with van der Waals surface area (Å²) in [6.45, 7) is 0. The minimum atomic E-state index is -5.13. The minimum absolute atomic E-state index is 0.804. The first-order valence-corrected chi connectivity index (χ1v) is 4.76. The molecule has 0 aromatic rings. The fourth-order valence-corrected chi connectivity index (χ4v) is 1.27. The molecule has 0 spiro atoms. The van der Waals surface area contributed by atoms with Gasteiger partial charge in [-0.2, -0.15) is 21.6 Å². The van der Waals surface area contributed by atoms with Gasteiger partial charge in [-0.15, -0.1) is 3.89 Å². The fraction of sp³-hybridized carbons (Fsp3) is 1.00. The Balaban J connectivity index is 4.05. The minimum Gasteiger partial charge on any atom is -0.193 e. The van der Waals surface area contributed by atoms with Gasteiger partial charge in [0.2, 0.25) is 0 Å². The molecule has 0 aliphatic heterocycles. The molecule has 0 saturated carbocycles. The van der Waals surface area contributed by atoms with Gasteiger partial charge in [0.15, 0.2) is 0 Å². The van der Waals surface area contributed by atoms with Crippen LogP contribution in [0.15, 0.2) is 0 Å². The summed E-state index contributed by atoms with van der Waals surface area (Å²) >= 11 is 0. The molecule has 1 N–H and O–H groups in total. The summed E-state index contributed by atoms with van der Waals surface area (Å²) in [7, 11) is -10.1. The maximum Gasteiger partial charge on any atom is 0.373 e. The summed E-state index contributed by atoms with van der Waals surface area (Å²) in [5.41, 5.74) is 0. The summed E-state index contributed by atoms with van der Waals surface area (Å²) in [5, 5.41) is 0. The van der Waals surface area contributed by atoms with Crippen molar-refractivity contribution in [2.24, 2.45) is 0 Å². The van der Waals surface area contributed by atoms with Gasteiger partial charge in [0.1, 0.15) is 5.88 Å². The second-order valence-corrected chi connectivity index (χ2v) is 3.80. The molecule has 0 rings (SSSR count). The van der Waals surface area contributed by atoms with Gasteiger partial charge in [0.25, 0.3) is 0 Å². The third-order valence-corrected chi connectivity index (χ3v) is 1.56. The molecule has 62 valence electrons. The number of halogens is 2. The maximum absolute atomic E-state index is 11.4. The van der Waals surface area contributed by atoms with Gasteiger partial charge in [0, 0.05) is 0 Å². The highest BCUT2D eigenvalue weighted by molar-refractivity contribution is 7.88. The van der Waals surface area contributed by atoms with Crippen LogP contribution in [-0.4, -0.2) is 22.7 Å². The van der Waals surface area contributed by atoms with Gasteiger partial charge in [0.05, 0.1) is 0 Å². The molecule has 0 aromatic heterocycles. The van der Waals surface area contributed by atoms with E-state index >= 15 is 0 Å². The molecule has 0 unspecified atom stereocenters. The van der Waals surface area contributed by atoms with Crippen LogP contribution < -0.4 is 4.72 Å². The molecule has 0 heterocycles. The lowest BCUT2D eigenvalue weighted by molar-refractivity contribution is 0.527. The highest BCUT2D eigenvalue weighted by Gasteiger charge is 2.12. The average molecular weight is 195 g/mol. The van der Waals surface area contributed by atoms with Gasteiger partial charge in [-0.25, -0.2) is 0 Å². The molecule has 5 nitrogen and oxygen atoms in total. The van der Waals surface area contributed by atoms with Crippen molar-refractivity contribution in [1.82, 2.24) is 4.72 Å². The van der Waals surface area contributed by atoms with Crippen LogP contribution in [0.1, 0.15) is 0 Å². The van der Waals surface area contributed by atoms with Crippen LogP contribution in [0.5, 0.6) is 0 Å². The normalized spacial score (nSPS) is 13.4. The first kappa shape index (κ1) is 9.72. The van der Waals surface area contributed by atoms with Crippen molar-refractivity contribution in [3.05, 3.63) is 0 Å². The van der Waals surface area contributed by atoms with Gasteiger partial charge in [-0.1, -0.05) is 3.89 Å². The van der Waals surface area contributed by atoms with E-state index < -0.39 is 26.5 Å². The van der Waals surface area contributed by atoms with Crippen molar-refractivity contribution in [2.75, 3.05) is 5.88 Å². The van der Waals surface area contributed by atoms with E-state index in [4.69, 9.17) is 0 Å². The van der Waals surface area contributed by atoms with E-state index in [9.17, 15) is 24.6 Å². The molecule has 0 bridgehead atoms. The lowest BCUT2D eigenvalue weighted by Crippen LogP contribution is -2.24. The summed E-state index contributed by atoms with van der Waals surface area (Å²) in [6.07, 6.45) is 0. The standard InChI is InChI=1S/CH3F2NO4S2/c2-9(5,6)1-4-10(3,7)8/h4H,1H2. The number of hydrogen-bond donors (Lipinski definition) is 1. The van der Waals surface area contributed by atoms with Crippen molar-refractivity contribution < 1.29 is 24.6 Å². The van der Waals surface area contributed by atoms with E-state index in [2.05, 4.69) is 0 Å². The molecular weight excluding hydrogens is 192 g/mol. The maximum atomic E-state index is 11.4. The Morgan fingerprint density at radius 2 is 1.50 bits per heavy atom. The van der Waals surface area contributed by atoms with E-state index in [-0.39, 0.29) is 0 Å². The molecule has 0 saturated heterocycles. The van der Waals surface area contributed by atoms with Gasteiger partial charge in [-0.3, -0.25) is 0 Å². The summed E-state index contributed by atoms with van der Waals surface area (Å²) in [5.74, 6) is -1.58. The Bertz CT molecular complexity index is 257. The predicted molar refractivity (Wildman–Crippen MR) is 28.1 cm³/mol. The summed E-state index contributed by atoms with van der Waals surface area (Å²) < 4.78 is 61.5. The van der Waals surface area contributed by atoms with Crippen molar-refractivity contribution in [1.29, 1.82) is 0 Å². The molecule has 10 heavy (non-hydrogen) atoms. The molecule has 0 aliphatic carbocycles. The van der Waals surface area contributed by atoms with E-state index in [0.29, 0.717) is 0 Å². The van der Waals surface area contributed by atoms with Crippen LogP contribution in [-0.2, 0) is 20.6 Å². The summed E-state index contributed by atoms with van der Waals surface area (Å²) in [4.78, 5) is 0. The zero-order chi connectivity index (χ0) is 8.41. The molecule has 0 aliphatic rings. The van der Waals surface area contributed by atoms with Crippen molar-refractivity contribution in [3.63, 3.8) is 0 Å². The second-order valence-electron chi connectivity index (χ2n) is 1.27. The molecule has 0 amide bonds. The number of nitrogens with one attached hydrogen (secondary N) is 1. The lowest BCUT2D eigenvalue weighted by atomic mass is 11.5. The summed E-state index contributed by atoms with van der Waals surface area (Å²) in [6, 6.07) is 0. The highest BCUT2D eigenvalue weighted by atomic mass is 32.3. The Morgan fingerprint density at radius 1 is 1.10 bits per heavy atom. The zero-order valence-corrected chi connectivity index (χ0v) is 6.05. The Labute approximate surface area is 56.6 Å². The van der Waals surface area contributed by atoms with Crippen LogP contribution in [0.3, 0.4) is 0 Å². The SMILES string of the molecule is O=S(=O)(F)CNS(=O)(=O)F. The Hall–Kier alpha value is -0.280. The smallest absolute Gasteiger partial charge is 0.193 e. The Kier molecular flexibility index (Phi) is 2.68. The van der Waals surface area contributed by atoms with Gasteiger partial charge >= 0.3 is 20.6 Å². The second kappa shape index (κ2) is 2.76.